The summed E-state index contributed by atoms with van der Waals surface area (Å²) in [5.74, 6) is 1.29. The second kappa shape index (κ2) is 5.20. The van der Waals surface area contributed by atoms with Crippen molar-refractivity contribution < 1.29 is 14.3 Å². The molecule has 0 aliphatic carbocycles. The van der Waals surface area contributed by atoms with E-state index in [4.69, 9.17) is 9.47 Å². The standard InChI is InChI=1S/C12H14O3/c1-9(13)7-8-10-5-4-6-11(14-2)12(10)15-3/h4-8H,1-3H3/b8-7-. The van der Waals surface area contributed by atoms with E-state index in [2.05, 4.69) is 0 Å². The third kappa shape index (κ3) is 2.84. The lowest BCUT2D eigenvalue weighted by molar-refractivity contribution is -0.112. The largest absolute Gasteiger partial charge is 0.493 e. The van der Waals surface area contributed by atoms with Gasteiger partial charge in [0.1, 0.15) is 0 Å². The number of hydrogen-bond acceptors (Lipinski definition) is 3. The van der Waals surface area contributed by atoms with Crippen molar-refractivity contribution >= 4 is 11.9 Å². The summed E-state index contributed by atoms with van der Waals surface area (Å²) in [5.41, 5.74) is 0.826. The van der Waals surface area contributed by atoms with Gasteiger partial charge in [0.25, 0.3) is 0 Å². The predicted molar refractivity (Wildman–Crippen MR) is 59.3 cm³/mol. The molecule has 0 heterocycles. The number of allylic oxidation sites excluding steroid dienone is 1. The van der Waals surface area contributed by atoms with Crippen molar-refractivity contribution in [3.05, 3.63) is 29.8 Å². The van der Waals surface area contributed by atoms with Crippen LogP contribution >= 0.6 is 0 Å². The molecule has 0 saturated heterocycles. The van der Waals surface area contributed by atoms with Gasteiger partial charge in [-0.15, -0.1) is 0 Å². The molecular formula is C12H14O3. The third-order valence-electron chi connectivity index (χ3n) is 1.93. The van der Waals surface area contributed by atoms with Crippen molar-refractivity contribution in [2.24, 2.45) is 0 Å². The predicted octanol–water partition coefficient (Wildman–Crippen LogP) is 2.31. The Morgan fingerprint density at radius 3 is 2.53 bits per heavy atom. The minimum absolute atomic E-state index is 0.000118. The van der Waals surface area contributed by atoms with E-state index in [1.54, 1.807) is 20.3 Å². The fourth-order valence-electron chi connectivity index (χ4n) is 1.25. The molecule has 3 heteroatoms. The monoisotopic (exact) mass is 206 g/mol. The van der Waals surface area contributed by atoms with Crippen LogP contribution in [0.15, 0.2) is 24.3 Å². The summed E-state index contributed by atoms with van der Waals surface area (Å²) in [5, 5.41) is 0. The maximum absolute atomic E-state index is 10.8. The molecule has 1 rings (SSSR count). The second-order valence-corrected chi connectivity index (χ2v) is 3.03. The highest BCUT2D eigenvalue weighted by atomic mass is 16.5. The van der Waals surface area contributed by atoms with E-state index in [9.17, 15) is 4.79 Å². The lowest BCUT2D eigenvalue weighted by Gasteiger charge is -2.09. The van der Waals surface area contributed by atoms with E-state index < -0.39 is 0 Å². The maximum Gasteiger partial charge on any atom is 0.167 e. The SMILES string of the molecule is COc1cccc(/C=C\C(C)=O)c1OC. The Hall–Kier alpha value is -1.77. The summed E-state index contributed by atoms with van der Waals surface area (Å²) in [4.78, 5) is 10.8. The molecule has 0 atom stereocenters. The minimum atomic E-state index is -0.000118. The Morgan fingerprint density at radius 2 is 2.00 bits per heavy atom. The van der Waals surface area contributed by atoms with Gasteiger partial charge in [0.05, 0.1) is 14.2 Å². The molecular weight excluding hydrogens is 192 g/mol. The summed E-state index contributed by atoms with van der Waals surface area (Å²) < 4.78 is 10.4. The molecule has 0 spiro atoms. The van der Waals surface area contributed by atoms with Crippen LogP contribution < -0.4 is 9.47 Å². The van der Waals surface area contributed by atoms with Crippen molar-refractivity contribution in [3.8, 4) is 11.5 Å². The highest BCUT2D eigenvalue weighted by Gasteiger charge is 2.06. The van der Waals surface area contributed by atoms with Gasteiger partial charge in [-0.2, -0.15) is 0 Å². The van der Waals surface area contributed by atoms with E-state index >= 15 is 0 Å². The van der Waals surface area contributed by atoms with Crippen molar-refractivity contribution in [2.75, 3.05) is 14.2 Å². The van der Waals surface area contributed by atoms with Gasteiger partial charge in [0, 0.05) is 5.56 Å². The molecule has 0 N–H and O–H groups in total. The van der Waals surface area contributed by atoms with Crippen LogP contribution in [0.1, 0.15) is 12.5 Å². The summed E-state index contributed by atoms with van der Waals surface area (Å²) in [6.07, 6.45) is 3.21. The topological polar surface area (TPSA) is 35.5 Å². The van der Waals surface area contributed by atoms with Crippen molar-refractivity contribution in [1.82, 2.24) is 0 Å². The Labute approximate surface area is 89.3 Å². The molecule has 0 saturated carbocycles. The number of benzene rings is 1. The lowest BCUT2D eigenvalue weighted by atomic mass is 10.1. The lowest BCUT2D eigenvalue weighted by Crippen LogP contribution is -1.92. The van der Waals surface area contributed by atoms with E-state index in [0.29, 0.717) is 11.5 Å². The van der Waals surface area contributed by atoms with Crippen LogP contribution in [0.5, 0.6) is 11.5 Å². The van der Waals surface area contributed by atoms with E-state index in [0.717, 1.165) is 5.56 Å². The van der Waals surface area contributed by atoms with Gasteiger partial charge in [-0.1, -0.05) is 12.1 Å². The average molecular weight is 206 g/mol. The smallest absolute Gasteiger partial charge is 0.167 e. The molecule has 1 aromatic carbocycles. The van der Waals surface area contributed by atoms with Crippen molar-refractivity contribution in [2.45, 2.75) is 6.92 Å². The molecule has 0 radical (unpaired) electrons. The van der Waals surface area contributed by atoms with Crippen LogP contribution in [0.25, 0.3) is 6.08 Å². The van der Waals surface area contributed by atoms with Crippen molar-refractivity contribution in [3.63, 3.8) is 0 Å². The van der Waals surface area contributed by atoms with Crippen LogP contribution in [-0.2, 0) is 4.79 Å². The summed E-state index contributed by atoms with van der Waals surface area (Å²) in [6.45, 7) is 1.50. The number of carbonyl (C=O) groups is 1. The molecule has 0 fully saturated rings. The first kappa shape index (κ1) is 11.3. The van der Waals surface area contributed by atoms with E-state index in [1.807, 2.05) is 18.2 Å². The zero-order valence-corrected chi connectivity index (χ0v) is 9.11. The summed E-state index contributed by atoms with van der Waals surface area (Å²) in [6, 6.07) is 5.52. The Bertz CT molecular complexity index is 380. The molecule has 0 unspecified atom stereocenters. The quantitative estimate of drug-likeness (QED) is 0.709. The normalized spacial score (nSPS) is 10.3. The summed E-state index contributed by atoms with van der Waals surface area (Å²) >= 11 is 0. The number of para-hydroxylation sites is 1. The molecule has 0 amide bonds. The minimum Gasteiger partial charge on any atom is -0.493 e. The van der Waals surface area contributed by atoms with Crippen LogP contribution in [0, 0.1) is 0 Å². The van der Waals surface area contributed by atoms with Gasteiger partial charge in [0.2, 0.25) is 0 Å². The van der Waals surface area contributed by atoms with Crippen LogP contribution in [-0.4, -0.2) is 20.0 Å². The van der Waals surface area contributed by atoms with Crippen LogP contribution in [0.3, 0.4) is 0 Å². The van der Waals surface area contributed by atoms with Gasteiger partial charge in [-0.25, -0.2) is 0 Å². The Morgan fingerprint density at radius 1 is 1.27 bits per heavy atom. The van der Waals surface area contributed by atoms with Crippen LogP contribution in [0.2, 0.25) is 0 Å². The molecule has 15 heavy (non-hydrogen) atoms. The average Bonchev–Trinajstić information content (AvgIpc) is 2.25. The fraction of sp³-hybridized carbons (Fsp3) is 0.250. The fourth-order valence-corrected chi connectivity index (χ4v) is 1.25. The highest BCUT2D eigenvalue weighted by molar-refractivity contribution is 5.92. The third-order valence-corrected chi connectivity index (χ3v) is 1.93. The van der Waals surface area contributed by atoms with Gasteiger partial charge >= 0.3 is 0 Å². The molecule has 0 aliphatic rings. The van der Waals surface area contributed by atoms with E-state index in [1.165, 1.54) is 13.0 Å². The molecule has 3 nitrogen and oxygen atoms in total. The maximum atomic E-state index is 10.8. The molecule has 80 valence electrons. The molecule has 0 bridgehead atoms. The zero-order valence-electron chi connectivity index (χ0n) is 9.11. The highest BCUT2D eigenvalue weighted by Crippen LogP contribution is 2.31. The van der Waals surface area contributed by atoms with Gasteiger partial charge < -0.3 is 9.47 Å². The first-order valence-corrected chi connectivity index (χ1v) is 4.58. The van der Waals surface area contributed by atoms with Gasteiger partial charge in [-0.3, -0.25) is 4.79 Å². The van der Waals surface area contributed by atoms with Crippen LogP contribution in [0.4, 0.5) is 0 Å². The summed E-state index contributed by atoms with van der Waals surface area (Å²) in [7, 11) is 3.15. The van der Waals surface area contributed by atoms with E-state index in [-0.39, 0.29) is 5.78 Å². The first-order chi connectivity index (χ1) is 7.19. The number of ether oxygens (including phenoxy) is 2. The van der Waals surface area contributed by atoms with Gasteiger partial charge in [0.15, 0.2) is 17.3 Å². The molecule has 0 aromatic heterocycles. The number of methoxy groups -OCH3 is 2. The Balaban J connectivity index is 3.11. The number of ketones is 1. The molecule has 0 aliphatic heterocycles. The number of rotatable bonds is 4. The first-order valence-electron chi connectivity index (χ1n) is 4.58. The van der Waals surface area contributed by atoms with Crippen molar-refractivity contribution in [1.29, 1.82) is 0 Å². The number of hydrogen-bond donors (Lipinski definition) is 0. The zero-order chi connectivity index (χ0) is 11.3. The van der Waals surface area contributed by atoms with Gasteiger partial charge in [-0.05, 0) is 25.1 Å². The molecule has 1 aromatic rings. The number of carbonyl (C=O) groups excluding carboxylic acids is 1. The second-order valence-electron chi connectivity index (χ2n) is 3.03. The Kier molecular flexibility index (Phi) is 3.92.